The summed E-state index contributed by atoms with van der Waals surface area (Å²) in [5, 5.41) is 0. The Bertz CT molecular complexity index is 279. The zero-order chi connectivity index (χ0) is 7.52. The number of rotatable bonds is 0. The molecular formula is C10H9N. The van der Waals surface area contributed by atoms with Gasteiger partial charge in [0.1, 0.15) is 0 Å². The van der Waals surface area contributed by atoms with Gasteiger partial charge < -0.3 is 0 Å². The minimum absolute atomic E-state index is 0.800. The summed E-state index contributed by atoms with van der Waals surface area (Å²) in [5.74, 6) is 0. The van der Waals surface area contributed by atoms with Gasteiger partial charge in [-0.25, -0.2) is 0 Å². The maximum absolute atomic E-state index is 4.20. The monoisotopic (exact) mass is 143 g/mol. The second-order valence-corrected chi connectivity index (χ2v) is 2.53. The minimum Gasteiger partial charge on any atom is -0.288 e. The van der Waals surface area contributed by atoms with Crippen LogP contribution in [-0.2, 0) is 0 Å². The number of hydrogen-bond acceptors (Lipinski definition) is 1. The van der Waals surface area contributed by atoms with Crippen LogP contribution in [-0.4, -0.2) is 12.8 Å². The second kappa shape index (κ2) is 2.70. The highest BCUT2D eigenvalue weighted by Gasteiger charge is 1.95. The Labute approximate surface area is 66.1 Å². The van der Waals surface area contributed by atoms with Gasteiger partial charge in [-0.15, -0.1) is 0 Å². The highest BCUT2D eigenvalue weighted by atomic mass is 14.7. The number of aliphatic imine (C=N–C) groups is 1. The molecule has 0 spiro atoms. The molecule has 1 heterocycles. The van der Waals surface area contributed by atoms with E-state index in [1.165, 1.54) is 11.1 Å². The predicted octanol–water partition coefficient (Wildman–Crippen LogP) is 2.13. The smallest absolute Gasteiger partial charge is 0.0573 e. The first kappa shape index (κ1) is 6.35. The molecule has 1 aromatic rings. The summed E-state index contributed by atoms with van der Waals surface area (Å²) in [4.78, 5) is 4.20. The van der Waals surface area contributed by atoms with E-state index in [-0.39, 0.29) is 0 Å². The van der Waals surface area contributed by atoms with Crippen molar-refractivity contribution in [3.63, 3.8) is 0 Å². The minimum atomic E-state index is 0.800. The van der Waals surface area contributed by atoms with Gasteiger partial charge >= 0.3 is 0 Å². The Hall–Kier alpha value is -1.37. The van der Waals surface area contributed by atoms with E-state index in [1.54, 1.807) is 0 Å². The predicted molar refractivity (Wildman–Crippen MR) is 47.9 cm³/mol. The molecule has 1 aliphatic rings. The van der Waals surface area contributed by atoms with E-state index in [4.69, 9.17) is 0 Å². The van der Waals surface area contributed by atoms with Gasteiger partial charge in [0.25, 0.3) is 0 Å². The topological polar surface area (TPSA) is 12.4 Å². The summed E-state index contributed by atoms with van der Waals surface area (Å²) in [6.07, 6.45) is 6.11. The van der Waals surface area contributed by atoms with E-state index in [0.717, 1.165) is 6.54 Å². The largest absolute Gasteiger partial charge is 0.288 e. The van der Waals surface area contributed by atoms with Gasteiger partial charge in [0.2, 0.25) is 0 Å². The normalized spacial score (nSPS) is 14.2. The third-order valence-electron chi connectivity index (χ3n) is 1.73. The summed E-state index contributed by atoms with van der Waals surface area (Å²) in [5.41, 5.74) is 2.47. The number of fused-ring (bicyclic) bond motifs is 1. The summed E-state index contributed by atoms with van der Waals surface area (Å²) < 4.78 is 0. The van der Waals surface area contributed by atoms with E-state index in [0.29, 0.717) is 0 Å². The molecule has 0 saturated heterocycles. The van der Waals surface area contributed by atoms with Crippen molar-refractivity contribution in [2.45, 2.75) is 0 Å². The van der Waals surface area contributed by atoms with Crippen LogP contribution in [0.25, 0.3) is 6.08 Å². The van der Waals surface area contributed by atoms with E-state index >= 15 is 0 Å². The molecule has 1 nitrogen and oxygen atoms in total. The Morgan fingerprint density at radius 1 is 1.09 bits per heavy atom. The number of hydrogen-bond donors (Lipinski definition) is 0. The molecule has 0 unspecified atom stereocenters. The van der Waals surface area contributed by atoms with Crippen molar-refractivity contribution in [2.24, 2.45) is 4.99 Å². The molecule has 54 valence electrons. The molecular weight excluding hydrogens is 134 g/mol. The van der Waals surface area contributed by atoms with Gasteiger partial charge in [-0.3, -0.25) is 4.99 Å². The van der Waals surface area contributed by atoms with Crippen LogP contribution in [0.15, 0.2) is 35.3 Å². The Morgan fingerprint density at radius 2 is 1.91 bits per heavy atom. The van der Waals surface area contributed by atoms with Crippen molar-refractivity contribution < 1.29 is 0 Å². The van der Waals surface area contributed by atoms with E-state index in [2.05, 4.69) is 29.3 Å². The van der Waals surface area contributed by atoms with Crippen LogP contribution in [0.5, 0.6) is 0 Å². The molecule has 0 atom stereocenters. The third-order valence-corrected chi connectivity index (χ3v) is 1.73. The molecule has 0 fully saturated rings. The zero-order valence-corrected chi connectivity index (χ0v) is 6.20. The maximum atomic E-state index is 4.20. The molecule has 0 radical (unpaired) electrons. The first-order chi connectivity index (χ1) is 5.47. The van der Waals surface area contributed by atoms with Crippen LogP contribution in [0.3, 0.4) is 0 Å². The van der Waals surface area contributed by atoms with Crippen LogP contribution >= 0.6 is 0 Å². The lowest BCUT2D eigenvalue weighted by molar-refractivity contribution is 1.27. The van der Waals surface area contributed by atoms with Gasteiger partial charge in [-0.2, -0.15) is 0 Å². The van der Waals surface area contributed by atoms with Crippen molar-refractivity contribution >= 4 is 12.3 Å². The van der Waals surface area contributed by atoms with Crippen LogP contribution in [0.4, 0.5) is 0 Å². The van der Waals surface area contributed by atoms with E-state index in [1.807, 2.05) is 18.3 Å². The Morgan fingerprint density at radius 3 is 2.82 bits per heavy atom. The fourth-order valence-electron chi connectivity index (χ4n) is 1.17. The second-order valence-electron chi connectivity index (χ2n) is 2.53. The highest BCUT2D eigenvalue weighted by molar-refractivity contribution is 5.86. The molecule has 0 bridgehead atoms. The van der Waals surface area contributed by atoms with Crippen molar-refractivity contribution in [3.8, 4) is 0 Å². The van der Waals surface area contributed by atoms with Crippen LogP contribution < -0.4 is 0 Å². The number of benzene rings is 1. The average Bonchev–Trinajstić information content (AvgIpc) is 2.28. The molecule has 0 amide bonds. The van der Waals surface area contributed by atoms with Crippen molar-refractivity contribution in [1.29, 1.82) is 0 Å². The van der Waals surface area contributed by atoms with Crippen LogP contribution in [0, 0.1) is 0 Å². The van der Waals surface area contributed by atoms with Crippen LogP contribution in [0.1, 0.15) is 11.1 Å². The van der Waals surface area contributed by atoms with Crippen molar-refractivity contribution in [2.75, 3.05) is 6.54 Å². The lowest BCUT2D eigenvalue weighted by atomic mass is 10.1. The molecule has 1 heteroatoms. The third kappa shape index (κ3) is 1.22. The quantitative estimate of drug-likeness (QED) is 0.527. The first-order valence-corrected chi connectivity index (χ1v) is 3.72. The van der Waals surface area contributed by atoms with Gasteiger partial charge in [-0.05, 0) is 11.1 Å². The lowest BCUT2D eigenvalue weighted by Gasteiger charge is -1.95. The average molecular weight is 143 g/mol. The Kier molecular flexibility index (Phi) is 1.56. The maximum Gasteiger partial charge on any atom is 0.0573 e. The molecule has 0 N–H and O–H groups in total. The molecule has 0 saturated carbocycles. The van der Waals surface area contributed by atoms with Gasteiger partial charge in [0, 0.05) is 6.21 Å². The fourth-order valence-corrected chi connectivity index (χ4v) is 1.17. The summed E-state index contributed by atoms with van der Waals surface area (Å²) in [6, 6.07) is 8.25. The first-order valence-electron chi connectivity index (χ1n) is 3.72. The fraction of sp³-hybridized carbons (Fsp3) is 0.100. The van der Waals surface area contributed by atoms with Crippen LogP contribution in [0.2, 0.25) is 0 Å². The van der Waals surface area contributed by atoms with Crippen molar-refractivity contribution in [3.05, 3.63) is 41.5 Å². The molecule has 1 aliphatic heterocycles. The molecule has 0 aliphatic carbocycles. The lowest BCUT2D eigenvalue weighted by Crippen LogP contribution is -1.83. The number of nitrogens with zero attached hydrogens (tertiary/aromatic N) is 1. The van der Waals surface area contributed by atoms with Crippen molar-refractivity contribution in [1.82, 2.24) is 0 Å². The molecule has 0 aromatic heterocycles. The summed E-state index contributed by atoms with van der Waals surface area (Å²) in [6.45, 7) is 0.800. The van der Waals surface area contributed by atoms with Gasteiger partial charge in [0.05, 0.1) is 6.54 Å². The SMILES string of the molecule is C1=Cc2ccccc2C=NC1. The Balaban J connectivity index is 2.58. The molecule has 2 rings (SSSR count). The van der Waals surface area contributed by atoms with E-state index < -0.39 is 0 Å². The summed E-state index contributed by atoms with van der Waals surface area (Å²) >= 11 is 0. The van der Waals surface area contributed by atoms with E-state index in [9.17, 15) is 0 Å². The van der Waals surface area contributed by atoms with Gasteiger partial charge in [0.15, 0.2) is 0 Å². The summed E-state index contributed by atoms with van der Waals surface area (Å²) in [7, 11) is 0. The highest BCUT2D eigenvalue weighted by Crippen LogP contribution is 2.10. The molecule has 1 aromatic carbocycles. The standard InChI is InChI=1S/C10H9N/c1-2-5-10-8-11-7-3-6-9(10)4-1/h1-6,8H,7H2. The molecule has 11 heavy (non-hydrogen) atoms. The van der Waals surface area contributed by atoms with Gasteiger partial charge in [-0.1, -0.05) is 36.4 Å². The zero-order valence-electron chi connectivity index (χ0n) is 6.20.